The number of likely N-dealkylation sites (tertiary alicyclic amines) is 1. The van der Waals surface area contributed by atoms with Crippen LogP contribution < -0.4 is 0 Å². The van der Waals surface area contributed by atoms with Crippen LogP contribution in [0.4, 0.5) is 4.39 Å². The Morgan fingerprint density at radius 2 is 2.05 bits per heavy atom. The van der Waals surface area contributed by atoms with Gasteiger partial charge in [0.15, 0.2) is 0 Å². The number of aliphatic carboxylic acids is 1. The Morgan fingerprint density at radius 1 is 1.41 bits per heavy atom. The molecule has 1 aliphatic heterocycles. The van der Waals surface area contributed by atoms with Crippen molar-refractivity contribution in [1.82, 2.24) is 9.80 Å². The van der Waals surface area contributed by atoms with Crippen LogP contribution in [0.2, 0.25) is 0 Å². The van der Waals surface area contributed by atoms with Gasteiger partial charge in [-0.25, -0.2) is 4.39 Å². The van der Waals surface area contributed by atoms with E-state index >= 15 is 0 Å². The van der Waals surface area contributed by atoms with Gasteiger partial charge < -0.3 is 5.11 Å². The molecule has 1 aromatic rings. The smallest absolute Gasteiger partial charge is 0.317 e. The number of likely N-dealkylation sites (N-methyl/N-ethyl adjacent to an activating group) is 1. The lowest BCUT2D eigenvalue weighted by atomic mass is 9.98. The fraction of sp³-hybridized carbons (Fsp3) is 0.588. The molecule has 4 nitrogen and oxygen atoms in total. The molecule has 0 amide bonds. The van der Waals surface area contributed by atoms with Gasteiger partial charge in [0.25, 0.3) is 0 Å². The second kappa shape index (κ2) is 7.70. The van der Waals surface area contributed by atoms with E-state index in [1.54, 1.807) is 6.07 Å². The van der Waals surface area contributed by atoms with Gasteiger partial charge in [-0.1, -0.05) is 25.1 Å². The molecule has 122 valence electrons. The van der Waals surface area contributed by atoms with Crippen molar-refractivity contribution in [3.8, 4) is 0 Å². The highest BCUT2D eigenvalue weighted by atomic mass is 19.1. The zero-order valence-electron chi connectivity index (χ0n) is 13.3. The Labute approximate surface area is 131 Å². The van der Waals surface area contributed by atoms with Gasteiger partial charge in [-0.2, -0.15) is 0 Å². The zero-order valence-corrected chi connectivity index (χ0v) is 13.3. The Morgan fingerprint density at radius 3 is 2.59 bits per heavy atom. The summed E-state index contributed by atoms with van der Waals surface area (Å²) in [4.78, 5) is 15.2. The van der Waals surface area contributed by atoms with Gasteiger partial charge in [-0.3, -0.25) is 14.6 Å². The third kappa shape index (κ3) is 4.05. The Kier molecular flexibility index (Phi) is 5.91. The van der Waals surface area contributed by atoms with Crippen molar-refractivity contribution in [2.75, 3.05) is 26.2 Å². The fourth-order valence-electron chi connectivity index (χ4n) is 3.32. The topological polar surface area (TPSA) is 43.8 Å². The number of nitrogens with zero attached hydrogens (tertiary/aromatic N) is 2. The molecule has 2 rings (SSSR count). The molecule has 1 aliphatic rings. The maximum Gasteiger partial charge on any atom is 0.317 e. The van der Waals surface area contributed by atoms with E-state index in [2.05, 4.69) is 4.90 Å². The van der Waals surface area contributed by atoms with Gasteiger partial charge in [0.05, 0.1) is 6.54 Å². The summed E-state index contributed by atoms with van der Waals surface area (Å²) in [6, 6.07) is 7.29. The Bertz CT molecular complexity index is 501. The molecule has 1 aromatic carbocycles. The molecule has 0 radical (unpaired) electrons. The summed E-state index contributed by atoms with van der Waals surface area (Å²) in [5, 5.41) is 8.97. The lowest BCUT2D eigenvalue weighted by Crippen LogP contribution is -2.47. The van der Waals surface area contributed by atoms with Crippen LogP contribution in [0.1, 0.15) is 38.3 Å². The van der Waals surface area contributed by atoms with Gasteiger partial charge >= 0.3 is 5.97 Å². The summed E-state index contributed by atoms with van der Waals surface area (Å²) in [5.41, 5.74) is 0.735. The van der Waals surface area contributed by atoms with Crippen molar-refractivity contribution in [2.24, 2.45) is 0 Å². The summed E-state index contributed by atoms with van der Waals surface area (Å²) in [5.74, 6) is -0.929. The number of halogens is 1. The average Bonchev–Trinajstić information content (AvgIpc) is 2.52. The van der Waals surface area contributed by atoms with E-state index in [9.17, 15) is 9.18 Å². The first-order valence-electron chi connectivity index (χ1n) is 7.97. The third-order valence-electron chi connectivity index (χ3n) is 4.66. The van der Waals surface area contributed by atoms with Crippen LogP contribution in [-0.4, -0.2) is 53.1 Å². The van der Waals surface area contributed by atoms with Gasteiger partial charge in [0, 0.05) is 30.7 Å². The highest BCUT2D eigenvalue weighted by Gasteiger charge is 2.28. The lowest BCUT2D eigenvalue weighted by molar-refractivity contribution is -0.139. The van der Waals surface area contributed by atoms with Crippen LogP contribution in [0.5, 0.6) is 0 Å². The van der Waals surface area contributed by atoms with Crippen LogP contribution in [-0.2, 0) is 4.79 Å². The molecule has 22 heavy (non-hydrogen) atoms. The molecule has 1 fully saturated rings. The standard InChI is InChI=1S/C17H25FN2O2/c1-3-19(12-17(21)22)14-8-10-20(11-9-14)13(2)15-6-4-5-7-16(15)18/h4-7,13-14H,3,8-12H2,1-2H3,(H,21,22). The van der Waals surface area contributed by atoms with Crippen molar-refractivity contribution in [3.63, 3.8) is 0 Å². The maximum absolute atomic E-state index is 13.9. The molecule has 0 aliphatic carbocycles. The molecule has 0 bridgehead atoms. The van der Waals surface area contributed by atoms with E-state index < -0.39 is 5.97 Å². The SMILES string of the molecule is CCN(CC(=O)O)C1CCN(C(C)c2ccccc2F)CC1. The molecule has 1 N–H and O–H groups in total. The summed E-state index contributed by atoms with van der Waals surface area (Å²) in [6.45, 7) is 6.63. The molecule has 0 spiro atoms. The van der Waals surface area contributed by atoms with E-state index in [0.29, 0.717) is 6.04 Å². The minimum Gasteiger partial charge on any atom is -0.480 e. The number of hydrogen-bond donors (Lipinski definition) is 1. The summed E-state index contributed by atoms with van der Waals surface area (Å²) >= 11 is 0. The number of carboxylic acid groups (broad SMARTS) is 1. The molecule has 5 heteroatoms. The van der Waals surface area contributed by atoms with Gasteiger partial charge in [0.1, 0.15) is 5.82 Å². The first-order chi connectivity index (χ1) is 10.5. The number of rotatable bonds is 6. The molecule has 1 saturated heterocycles. The average molecular weight is 308 g/mol. The molecule has 1 atom stereocenters. The maximum atomic E-state index is 13.9. The van der Waals surface area contributed by atoms with Crippen LogP contribution in [0, 0.1) is 5.82 Å². The summed E-state index contributed by atoms with van der Waals surface area (Å²) in [7, 11) is 0. The van der Waals surface area contributed by atoms with Crippen molar-refractivity contribution in [2.45, 2.75) is 38.8 Å². The van der Waals surface area contributed by atoms with Gasteiger partial charge in [0.2, 0.25) is 0 Å². The number of hydrogen-bond acceptors (Lipinski definition) is 3. The zero-order chi connectivity index (χ0) is 16.1. The first kappa shape index (κ1) is 16.9. The predicted molar refractivity (Wildman–Crippen MR) is 84.3 cm³/mol. The second-order valence-electron chi connectivity index (χ2n) is 5.92. The van der Waals surface area contributed by atoms with Crippen molar-refractivity contribution >= 4 is 5.97 Å². The monoisotopic (exact) mass is 308 g/mol. The van der Waals surface area contributed by atoms with E-state index in [4.69, 9.17) is 5.11 Å². The van der Waals surface area contributed by atoms with E-state index in [1.165, 1.54) is 6.07 Å². The highest BCUT2D eigenvalue weighted by Crippen LogP contribution is 2.27. The normalized spacial score (nSPS) is 18.5. The lowest BCUT2D eigenvalue weighted by Gasteiger charge is -2.40. The summed E-state index contributed by atoms with van der Waals surface area (Å²) < 4.78 is 13.9. The van der Waals surface area contributed by atoms with E-state index in [1.807, 2.05) is 30.9 Å². The highest BCUT2D eigenvalue weighted by molar-refractivity contribution is 5.69. The quantitative estimate of drug-likeness (QED) is 0.877. The Balaban J connectivity index is 1.94. The molecule has 1 unspecified atom stereocenters. The third-order valence-corrected chi connectivity index (χ3v) is 4.66. The number of carboxylic acids is 1. The molecule has 0 aromatic heterocycles. The van der Waals surface area contributed by atoms with Crippen LogP contribution in [0.3, 0.4) is 0 Å². The number of carbonyl (C=O) groups is 1. The molecular formula is C17H25FN2O2. The van der Waals surface area contributed by atoms with E-state index in [0.717, 1.165) is 38.0 Å². The number of piperidine rings is 1. The Hall–Kier alpha value is -1.46. The van der Waals surface area contributed by atoms with Crippen molar-refractivity contribution in [1.29, 1.82) is 0 Å². The largest absolute Gasteiger partial charge is 0.480 e. The second-order valence-corrected chi connectivity index (χ2v) is 5.92. The molecule has 1 heterocycles. The minimum atomic E-state index is -0.774. The summed E-state index contributed by atoms with van der Waals surface area (Å²) in [6.07, 6.45) is 1.86. The fourth-order valence-corrected chi connectivity index (χ4v) is 3.32. The van der Waals surface area contributed by atoms with Gasteiger partial charge in [-0.15, -0.1) is 0 Å². The first-order valence-corrected chi connectivity index (χ1v) is 7.97. The van der Waals surface area contributed by atoms with Crippen LogP contribution in [0.15, 0.2) is 24.3 Å². The van der Waals surface area contributed by atoms with Crippen LogP contribution in [0.25, 0.3) is 0 Å². The minimum absolute atomic E-state index is 0.0525. The molecular weight excluding hydrogens is 283 g/mol. The van der Waals surface area contributed by atoms with Crippen molar-refractivity contribution in [3.05, 3.63) is 35.6 Å². The number of benzene rings is 1. The molecule has 0 saturated carbocycles. The van der Waals surface area contributed by atoms with Crippen LogP contribution >= 0.6 is 0 Å². The van der Waals surface area contributed by atoms with E-state index in [-0.39, 0.29) is 18.4 Å². The van der Waals surface area contributed by atoms with Gasteiger partial charge in [-0.05, 0) is 32.4 Å². The predicted octanol–water partition coefficient (Wildman–Crippen LogP) is 2.76. The van der Waals surface area contributed by atoms with Crippen molar-refractivity contribution < 1.29 is 14.3 Å².